The molecular weight excluding hydrogens is 412 g/mol. The van der Waals surface area contributed by atoms with Gasteiger partial charge in [-0.05, 0) is 31.0 Å². The number of carbonyl (C=O) groups excluding carboxylic acids is 2. The van der Waals surface area contributed by atoms with Crippen molar-refractivity contribution in [2.45, 2.75) is 19.4 Å². The van der Waals surface area contributed by atoms with Gasteiger partial charge in [0.1, 0.15) is 19.0 Å². The molecule has 3 aromatic rings. The normalized spacial score (nSPS) is 14.5. The number of nitrogens with one attached hydrogen (secondary N) is 1. The van der Waals surface area contributed by atoms with Crippen LogP contribution in [-0.2, 0) is 16.1 Å². The summed E-state index contributed by atoms with van der Waals surface area (Å²) < 4.78 is 10.5. The van der Waals surface area contributed by atoms with Crippen LogP contribution in [-0.4, -0.2) is 58.3 Å². The molecule has 0 aliphatic carbocycles. The van der Waals surface area contributed by atoms with Crippen LogP contribution in [0.3, 0.4) is 0 Å². The zero-order valence-corrected chi connectivity index (χ0v) is 17.7. The van der Waals surface area contributed by atoms with E-state index in [1.54, 1.807) is 35.2 Å². The highest BCUT2D eigenvalue weighted by atomic mass is 16.5. The summed E-state index contributed by atoms with van der Waals surface area (Å²) in [6.45, 7) is 0.906. The largest absolute Gasteiger partial charge is 0.481 e. The summed E-state index contributed by atoms with van der Waals surface area (Å²) in [4.78, 5) is 50.1. The lowest BCUT2D eigenvalue weighted by Gasteiger charge is -2.31. The highest BCUT2D eigenvalue weighted by molar-refractivity contribution is 5.97. The summed E-state index contributed by atoms with van der Waals surface area (Å²) >= 11 is 0. The van der Waals surface area contributed by atoms with E-state index in [1.807, 2.05) is 6.07 Å². The Labute approximate surface area is 184 Å². The Balaban J connectivity index is 1.25. The fraction of sp³-hybridized carbons (Fsp3) is 0.348. The molecule has 2 aromatic heterocycles. The number of Topliss-reactive ketones (excluding diaryl/α,β-unsaturated/α-hetero) is 1. The first-order chi connectivity index (χ1) is 15.5. The number of H-pyrrole nitrogens is 1. The van der Waals surface area contributed by atoms with Crippen molar-refractivity contribution in [2.75, 3.05) is 26.8 Å². The third-order valence-corrected chi connectivity index (χ3v) is 5.57. The smallest absolute Gasteiger partial charge is 0.258 e. The van der Waals surface area contributed by atoms with E-state index < -0.39 is 0 Å². The Morgan fingerprint density at radius 1 is 1.16 bits per heavy atom. The fourth-order valence-electron chi connectivity index (χ4n) is 3.80. The molecule has 0 radical (unpaired) electrons. The van der Waals surface area contributed by atoms with Crippen LogP contribution >= 0.6 is 0 Å². The van der Waals surface area contributed by atoms with Crippen molar-refractivity contribution in [3.05, 3.63) is 64.3 Å². The van der Waals surface area contributed by atoms with Crippen molar-refractivity contribution < 1.29 is 19.1 Å². The number of para-hydroxylation sites is 1. The number of nitrogens with zero attached hydrogens (tertiary/aromatic N) is 3. The van der Waals surface area contributed by atoms with Gasteiger partial charge in [0, 0.05) is 36.8 Å². The third-order valence-electron chi connectivity index (χ3n) is 5.57. The second kappa shape index (κ2) is 9.69. The number of pyridine rings is 1. The van der Waals surface area contributed by atoms with E-state index in [4.69, 9.17) is 9.47 Å². The van der Waals surface area contributed by atoms with Gasteiger partial charge >= 0.3 is 0 Å². The maximum atomic E-state index is 12.7. The molecule has 1 saturated heterocycles. The Bertz CT molecular complexity index is 1170. The molecule has 1 aliphatic rings. The van der Waals surface area contributed by atoms with Gasteiger partial charge in [0.05, 0.1) is 18.0 Å². The van der Waals surface area contributed by atoms with E-state index in [0.29, 0.717) is 54.1 Å². The minimum absolute atomic E-state index is 0.0330. The number of carbonyl (C=O) groups is 2. The Morgan fingerprint density at radius 2 is 1.94 bits per heavy atom. The topological polar surface area (TPSA) is 114 Å². The number of fused-ring (bicyclic) bond motifs is 1. The van der Waals surface area contributed by atoms with Crippen LogP contribution in [0.25, 0.3) is 10.9 Å². The summed E-state index contributed by atoms with van der Waals surface area (Å²) in [6.07, 6.45) is 2.71. The highest BCUT2D eigenvalue weighted by Crippen LogP contribution is 2.22. The van der Waals surface area contributed by atoms with Gasteiger partial charge in [-0.25, -0.2) is 9.97 Å². The molecule has 1 aliphatic heterocycles. The highest BCUT2D eigenvalue weighted by Gasteiger charge is 2.28. The number of ether oxygens (including phenoxy) is 2. The molecule has 1 fully saturated rings. The molecule has 1 amide bonds. The standard InChI is InChI=1S/C23H24N4O5/c1-31-20-7-6-16(12-24-20)22(29)15-8-10-27(11-9-15)21(28)14-32-13-19-25-18-5-3-2-4-17(18)23(30)26-19/h2-7,12,15H,8-11,13-14H2,1H3,(H,25,26,30). The van der Waals surface area contributed by atoms with Crippen LogP contribution in [0.4, 0.5) is 0 Å². The van der Waals surface area contributed by atoms with Gasteiger partial charge in [-0.15, -0.1) is 0 Å². The van der Waals surface area contributed by atoms with Crippen LogP contribution in [0.1, 0.15) is 29.0 Å². The monoisotopic (exact) mass is 436 g/mol. The molecular formula is C23H24N4O5. The van der Waals surface area contributed by atoms with Crippen LogP contribution in [0, 0.1) is 5.92 Å². The van der Waals surface area contributed by atoms with E-state index in [1.165, 1.54) is 13.3 Å². The summed E-state index contributed by atoms with van der Waals surface area (Å²) in [6, 6.07) is 10.4. The molecule has 32 heavy (non-hydrogen) atoms. The number of aromatic nitrogens is 3. The van der Waals surface area contributed by atoms with Crippen molar-refractivity contribution in [2.24, 2.45) is 5.92 Å². The second-order valence-corrected chi connectivity index (χ2v) is 7.63. The molecule has 0 unspecified atom stereocenters. The molecule has 9 nitrogen and oxygen atoms in total. The molecule has 0 spiro atoms. The minimum atomic E-state index is -0.237. The molecule has 0 atom stereocenters. The number of likely N-dealkylation sites (tertiary alicyclic amines) is 1. The maximum Gasteiger partial charge on any atom is 0.258 e. The zero-order chi connectivity index (χ0) is 22.5. The quantitative estimate of drug-likeness (QED) is 0.563. The van der Waals surface area contributed by atoms with Gasteiger partial charge in [0.2, 0.25) is 11.8 Å². The minimum Gasteiger partial charge on any atom is -0.481 e. The van der Waals surface area contributed by atoms with E-state index in [9.17, 15) is 14.4 Å². The van der Waals surface area contributed by atoms with Crippen molar-refractivity contribution >= 4 is 22.6 Å². The van der Waals surface area contributed by atoms with Crippen LogP contribution < -0.4 is 10.3 Å². The maximum absolute atomic E-state index is 12.7. The molecule has 4 rings (SSSR count). The van der Waals surface area contributed by atoms with Gasteiger partial charge in [-0.2, -0.15) is 0 Å². The van der Waals surface area contributed by atoms with Gasteiger partial charge in [0.25, 0.3) is 5.56 Å². The lowest BCUT2D eigenvalue weighted by Crippen LogP contribution is -2.42. The predicted octanol–water partition coefficient (Wildman–Crippen LogP) is 1.96. The number of benzene rings is 1. The number of rotatable bonds is 7. The molecule has 0 bridgehead atoms. The average molecular weight is 436 g/mol. The molecule has 1 N–H and O–H groups in total. The number of hydrogen-bond acceptors (Lipinski definition) is 7. The molecule has 9 heteroatoms. The third kappa shape index (κ3) is 4.83. The lowest BCUT2D eigenvalue weighted by atomic mass is 9.89. The Morgan fingerprint density at radius 3 is 2.66 bits per heavy atom. The Kier molecular flexibility index (Phi) is 6.55. The van der Waals surface area contributed by atoms with Crippen molar-refractivity contribution in [1.29, 1.82) is 0 Å². The van der Waals surface area contributed by atoms with Crippen molar-refractivity contribution in [3.8, 4) is 5.88 Å². The number of methoxy groups -OCH3 is 1. The van der Waals surface area contributed by atoms with E-state index in [0.717, 1.165) is 0 Å². The fourth-order valence-corrected chi connectivity index (χ4v) is 3.80. The van der Waals surface area contributed by atoms with Gasteiger partial charge < -0.3 is 19.4 Å². The van der Waals surface area contributed by atoms with Crippen LogP contribution in [0.15, 0.2) is 47.4 Å². The second-order valence-electron chi connectivity index (χ2n) is 7.63. The first-order valence-electron chi connectivity index (χ1n) is 10.4. The van der Waals surface area contributed by atoms with Crippen LogP contribution in [0.5, 0.6) is 5.88 Å². The summed E-state index contributed by atoms with van der Waals surface area (Å²) in [5.74, 6) is 0.589. The summed E-state index contributed by atoms with van der Waals surface area (Å²) in [5, 5.41) is 0.509. The molecule has 3 heterocycles. The summed E-state index contributed by atoms with van der Waals surface area (Å²) in [5.41, 5.74) is 0.898. The van der Waals surface area contributed by atoms with Crippen molar-refractivity contribution in [1.82, 2.24) is 19.9 Å². The van der Waals surface area contributed by atoms with E-state index in [-0.39, 0.29) is 36.4 Å². The van der Waals surface area contributed by atoms with Gasteiger partial charge in [-0.3, -0.25) is 14.4 Å². The van der Waals surface area contributed by atoms with Crippen LogP contribution in [0.2, 0.25) is 0 Å². The average Bonchev–Trinajstić information content (AvgIpc) is 2.84. The predicted molar refractivity (Wildman–Crippen MR) is 116 cm³/mol. The number of piperidine rings is 1. The van der Waals surface area contributed by atoms with Gasteiger partial charge in [-0.1, -0.05) is 12.1 Å². The first kappa shape index (κ1) is 21.6. The summed E-state index contributed by atoms with van der Waals surface area (Å²) in [7, 11) is 1.53. The van der Waals surface area contributed by atoms with E-state index >= 15 is 0 Å². The van der Waals surface area contributed by atoms with E-state index in [2.05, 4.69) is 15.0 Å². The van der Waals surface area contributed by atoms with Gasteiger partial charge in [0.15, 0.2) is 5.78 Å². The lowest BCUT2D eigenvalue weighted by molar-refractivity contribution is -0.137. The SMILES string of the molecule is COc1ccc(C(=O)C2CCN(C(=O)COCc3nc4ccccc4c(=O)[nH]3)CC2)cn1. The van der Waals surface area contributed by atoms with Crippen molar-refractivity contribution in [3.63, 3.8) is 0 Å². The molecule has 166 valence electrons. The first-order valence-corrected chi connectivity index (χ1v) is 10.4. The number of aromatic amines is 1. The zero-order valence-electron chi connectivity index (χ0n) is 17.7. The molecule has 0 saturated carbocycles. The number of ketones is 1. The number of amides is 1. The molecule has 1 aromatic carbocycles. The number of hydrogen-bond donors (Lipinski definition) is 1. The Hall–Kier alpha value is -3.59.